The first kappa shape index (κ1) is 32.0. The summed E-state index contributed by atoms with van der Waals surface area (Å²) in [6.45, 7) is 1.32. The summed E-state index contributed by atoms with van der Waals surface area (Å²) in [5.74, 6) is -4.89. The molecule has 1 aliphatic rings. The average Bonchev–Trinajstić information content (AvgIpc) is 2.87. The van der Waals surface area contributed by atoms with Gasteiger partial charge in [0.25, 0.3) is 17.6 Å². The summed E-state index contributed by atoms with van der Waals surface area (Å²) >= 11 is 0. The molecule has 15 heteroatoms. The largest absolute Gasteiger partial charge is 0.507 e. The molecule has 1 fully saturated rings. The summed E-state index contributed by atoms with van der Waals surface area (Å²) in [6.07, 6.45) is -10.9. The molecule has 1 saturated heterocycles. The number of aliphatic hydroxyl groups excluding tert-OH is 7. The number of primary amides is 1. The zero-order chi connectivity index (χ0) is 28.5. The van der Waals surface area contributed by atoms with E-state index < -0.39 is 66.4 Å². The zero-order valence-electron chi connectivity index (χ0n) is 19.6. The van der Waals surface area contributed by atoms with Crippen LogP contribution in [0, 0.1) is 0 Å². The molecule has 12 N–H and O–H groups in total. The normalized spacial score (nSPS) is 28.8. The van der Waals surface area contributed by atoms with Crippen LogP contribution >= 0.6 is 0 Å². The molecule has 0 bridgehead atoms. The van der Waals surface area contributed by atoms with Crippen LogP contribution in [0.1, 0.15) is 12.5 Å². The lowest BCUT2D eigenvalue weighted by Gasteiger charge is -2.42. The van der Waals surface area contributed by atoms with E-state index in [9.17, 15) is 55.2 Å². The number of para-hydroxylation sites is 1. The van der Waals surface area contributed by atoms with Gasteiger partial charge >= 0.3 is 0 Å². The quantitative estimate of drug-likeness (QED) is 0.133. The molecule has 1 aromatic rings. The predicted octanol–water partition coefficient (Wildman–Crippen LogP) is -5.17. The highest BCUT2D eigenvalue weighted by atomic mass is 16.7. The van der Waals surface area contributed by atoms with E-state index in [1.54, 1.807) is 24.3 Å². The van der Waals surface area contributed by atoms with Crippen LogP contribution in [0.4, 0.5) is 0 Å². The minimum Gasteiger partial charge on any atom is -0.507 e. The van der Waals surface area contributed by atoms with E-state index in [0.29, 0.717) is 5.56 Å². The molecule has 0 unspecified atom stereocenters. The van der Waals surface area contributed by atoms with Gasteiger partial charge in [0.2, 0.25) is 0 Å². The smallest absolute Gasteiger partial charge is 0.280 e. The minimum atomic E-state index is -2.65. The number of benzene rings is 1. The molecule has 2 rings (SSSR count). The molecule has 0 aromatic heterocycles. The third kappa shape index (κ3) is 8.26. The molecular formula is C22H32N2O13. The van der Waals surface area contributed by atoms with Crippen molar-refractivity contribution in [1.29, 1.82) is 0 Å². The number of nitrogens with two attached hydrogens (primary N) is 1. The Hall–Kier alpha value is -2.99. The Morgan fingerprint density at radius 3 is 2.24 bits per heavy atom. The van der Waals surface area contributed by atoms with Crippen molar-refractivity contribution in [3.05, 3.63) is 35.9 Å². The SMILES string of the molecule is C[C@H]1O[C@](O)(C(N)=O)[C@H](O)[C@@H](O)[C@@H]1O.O=C[C@H](O)[C@@H](O)[C@H](O)[C@H](O)C(=O)NCC=Cc1ccccc1O. The standard InChI is InChI=1S/C15H19NO7.C7H13NO6/c17-8-11(19)12(20)13(21)14(22)15(23)16-7-3-5-9-4-1-2-6-10(9)18;1-2-3(9)4(10)5(11)7(13,14-2)6(8)12/h1-6,8,11-14,18-22H,7H2,(H,16,23);2-5,9-11,13H,1H3,(H2,8,12)/t11-,12+,13-,14-;2-,3-,4+,5-,7+/m01/s1. The summed E-state index contributed by atoms with van der Waals surface area (Å²) in [6, 6.07) is 6.53. The van der Waals surface area contributed by atoms with E-state index in [1.807, 2.05) is 0 Å². The fourth-order valence-electron chi connectivity index (χ4n) is 3.03. The molecule has 2 amide bonds. The highest BCUT2D eigenvalue weighted by molar-refractivity contribution is 5.82. The third-order valence-corrected chi connectivity index (χ3v) is 5.33. The summed E-state index contributed by atoms with van der Waals surface area (Å²) in [5.41, 5.74) is 5.33. The van der Waals surface area contributed by atoms with Crippen LogP contribution in [0.25, 0.3) is 6.08 Å². The van der Waals surface area contributed by atoms with E-state index in [1.165, 1.54) is 19.1 Å². The third-order valence-electron chi connectivity index (χ3n) is 5.33. The lowest BCUT2D eigenvalue weighted by atomic mass is 9.93. The van der Waals surface area contributed by atoms with Crippen molar-refractivity contribution in [2.24, 2.45) is 5.73 Å². The number of rotatable bonds is 9. The van der Waals surface area contributed by atoms with Gasteiger partial charge in [0, 0.05) is 12.1 Å². The molecule has 208 valence electrons. The summed E-state index contributed by atoms with van der Waals surface area (Å²) < 4.78 is 4.65. The molecule has 1 aliphatic heterocycles. The second-order valence-corrected chi connectivity index (χ2v) is 8.07. The highest BCUT2D eigenvalue weighted by Gasteiger charge is 2.55. The van der Waals surface area contributed by atoms with Crippen molar-refractivity contribution in [3.63, 3.8) is 0 Å². The molecule has 1 aromatic carbocycles. The first-order valence-corrected chi connectivity index (χ1v) is 10.8. The van der Waals surface area contributed by atoms with Gasteiger partial charge in [-0.05, 0) is 13.0 Å². The van der Waals surface area contributed by atoms with E-state index in [-0.39, 0.29) is 18.6 Å². The summed E-state index contributed by atoms with van der Waals surface area (Å²) in [5, 5.41) is 86.4. The van der Waals surface area contributed by atoms with Crippen molar-refractivity contribution in [2.45, 2.75) is 61.5 Å². The molecular weight excluding hydrogens is 500 g/mol. The molecule has 0 spiro atoms. The fourth-order valence-corrected chi connectivity index (χ4v) is 3.03. The van der Waals surface area contributed by atoms with Crippen LogP contribution in [-0.2, 0) is 19.1 Å². The Bertz CT molecular complexity index is 945. The zero-order valence-corrected chi connectivity index (χ0v) is 19.6. The Balaban J connectivity index is 0.000000417. The maximum Gasteiger partial charge on any atom is 0.280 e. The second-order valence-electron chi connectivity index (χ2n) is 8.07. The van der Waals surface area contributed by atoms with E-state index in [2.05, 4.69) is 10.1 Å². The van der Waals surface area contributed by atoms with Gasteiger partial charge in [0.15, 0.2) is 12.4 Å². The van der Waals surface area contributed by atoms with Crippen LogP contribution in [0.3, 0.4) is 0 Å². The van der Waals surface area contributed by atoms with Gasteiger partial charge in [-0.3, -0.25) is 9.59 Å². The topological polar surface area (TPSA) is 281 Å². The summed E-state index contributed by atoms with van der Waals surface area (Å²) in [4.78, 5) is 32.7. The number of phenols is 1. The van der Waals surface area contributed by atoms with Gasteiger partial charge in [0.1, 0.15) is 42.4 Å². The van der Waals surface area contributed by atoms with Crippen LogP contribution in [0.5, 0.6) is 5.75 Å². The first-order valence-electron chi connectivity index (χ1n) is 10.8. The van der Waals surface area contributed by atoms with E-state index in [0.717, 1.165) is 0 Å². The number of hydrogen-bond donors (Lipinski definition) is 11. The molecule has 9 atom stereocenters. The second kappa shape index (κ2) is 14.1. The Morgan fingerprint density at radius 1 is 1.11 bits per heavy atom. The van der Waals surface area contributed by atoms with Crippen molar-refractivity contribution >= 4 is 24.2 Å². The Kier molecular flexibility index (Phi) is 12.2. The number of aliphatic hydroxyl groups is 8. The number of amides is 2. The van der Waals surface area contributed by atoms with Gasteiger partial charge < -0.3 is 66.5 Å². The van der Waals surface area contributed by atoms with Gasteiger partial charge in [-0.1, -0.05) is 30.4 Å². The van der Waals surface area contributed by atoms with Crippen LogP contribution in [0.15, 0.2) is 30.3 Å². The van der Waals surface area contributed by atoms with Gasteiger partial charge in [-0.2, -0.15) is 0 Å². The van der Waals surface area contributed by atoms with Crippen LogP contribution < -0.4 is 11.1 Å². The highest BCUT2D eigenvalue weighted by Crippen LogP contribution is 2.27. The van der Waals surface area contributed by atoms with Crippen molar-refractivity contribution in [1.82, 2.24) is 5.32 Å². The monoisotopic (exact) mass is 532 g/mol. The van der Waals surface area contributed by atoms with Gasteiger partial charge in [-0.25, -0.2) is 0 Å². The number of aldehydes is 1. The lowest BCUT2D eigenvalue weighted by molar-refractivity contribution is -0.323. The van der Waals surface area contributed by atoms with Crippen molar-refractivity contribution in [3.8, 4) is 5.75 Å². The Morgan fingerprint density at radius 2 is 1.70 bits per heavy atom. The number of nitrogens with one attached hydrogen (secondary N) is 1. The van der Waals surface area contributed by atoms with Crippen molar-refractivity contribution < 1.29 is 65.1 Å². The maximum absolute atomic E-state index is 11.6. The average molecular weight is 532 g/mol. The predicted molar refractivity (Wildman–Crippen MR) is 123 cm³/mol. The minimum absolute atomic E-state index is 0.0106. The summed E-state index contributed by atoms with van der Waals surface area (Å²) in [7, 11) is 0. The number of carbonyl (C=O) groups excluding carboxylic acids is 3. The van der Waals surface area contributed by atoms with Gasteiger partial charge in [-0.15, -0.1) is 0 Å². The number of phenolic OH excluding ortho intramolecular Hbond substituents is 1. The van der Waals surface area contributed by atoms with Crippen LogP contribution in [0.2, 0.25) is 0 Å². The number of aromatic hydroxyl groups is 1. The van der Waals surface area contributed by atoms with Crippen molar-refractivity contribution in [2.75, 3.05) is 6.54 Å². The molecule has 37 heavy (non-hydrogen) atoms. The number of carbonyl (C=O) groups is 3. The number of ether oxygens (including phenoxy) is 1. The molecule has 0 radical (unpaired) electrons. The molecule has 0 saturated carbocycles. The van der Waals surface area contributed by atoms with E-state index >= 15 is 0 Å². The maximum atomic E-state index is 11.6. The van der Waals surface area contributed by atoms with E-state index in [4.69, 9.17) is 10.8 Å². The van der Waals surface area contributed by atoms with Gasteiger partial charge in [0.05, 0.1) is 6.10 Å². The molecule has 0 aliphatic carbocycles. The molecule has 15 nitrogen and oxygen atoms in total. The van der Waals surface area contributed by atoms with Crippen LogP contribution in [-0.4, -0.2) is 125 Å². The first-order chi connectivity index (χ1) is 17.2. The fraction of sp³-hybridized carbons (Fsp3) is 0.500. The number of hydrogen-bond acceptors (Lipinski definition) is 13. The Labute approximate surface area is 210 Å². The lowest BCUT2D eigenvalue weighted by Crippen LogP contribution is -2.68. The molecule has 1 heterocycles.